The first-order valence-electron chi connectivity index (χ1n) is 7.03. The van der Waals surface area contributed by atoms with Gasteiger partial charge in [-0.15, -0.1) is 0 Å². The summed E-state index contributed by atoms with van der Waals surface area (Å²) >= 11 is 5.99. The number of halogens is 1. The first-order valence-corrected chi connectivity index (χ1v) is 7.40. The lowest BCUT2D eigenvalue weighted by Gasteiger charge is -2.28. The second-order valence-electron chi connectivity index (χ2n) is 5.49. The summed E-state index contributed by atoms with van der Waals surface area (Å²) in [5.74, 6) is 0.759. The van der Waals surface area contributed by atoms with Crippen LogP contribution >= 0.6 is 11.6 Å². The van der Waals surface area contributed by atoms with Gasteiger partial charge < -0.3 is 5.32 Å². The summed E-state index contributed by atoms with van der Waals surface area (Å²) in [7, 11) is 0. The third kappa shape index (κ3) is 4.46. The van der Waals surface area contributed by atoms with Crippen molar-refractivity contribution < 1.29 is 4.92 Å². The molecule has 0 heterocycles. The molecule has 1 rings (SSSR count). The molecule has 2 atom stereocenters. The van der Waals surface area contributed by atoms with Crippen molar-refractivity contribution in [3.63, 3.8) is 0 Å². The summed E-state index contributed by atoms with van der Waals surface area (Å²) in [4.78, 5) is 10.8. The van der Waals surface area contributed by atoms with E-state index in [9.17, 15) is 10.1 Å². The van der Waals surface area contributed by atoms with E-state index in [4.69, 9.17) is 11.6 Å². The molecule has 0 aliphatic heterocycles. The number of nitro benzene ring substituents is 1. The van der Waals surface area contributed by atoms with Crippen LogP contribution in [0.3, 0.4) is 0 Å². The van der Waals surface area contributed by atoms with Crippen molar-refractivity contribution in [1.82, 2.24) is 5.32 Å². The van der Waals surface area contributed by atoms with Crippen LogP contribution in [0.5, 0.6) is 0 Å². The van der Waals surface area contributed by atoms with Crippen molar-refractivity contribution in [2.45, 2.75) is 40.2 Å². The SMILES string of the molecule is CCNC(C)C(Cc1cc(Cl)ccc1[N+](=O)[O-])C(C)C. The van der Waals surface area contributed by atoms with Gasteiger partial charge in [-0.25, -0.2) is 0 Å². The van der Waals surface area contributed by atoms with E-state index in [1.165, 1.54) is 6.07 Å². The summed E-state index contributed by atoms with van der Waals surface area (Å²) < 4.78 is 0. The highest BCUT2D eigenvalue weighted by atomic mass is 35.5. The second kappa shape index (κ2) is 7.60. The van der Waals surface area contributed by atoms with Gasteiger partial charge in [-0.05, 0) is 43.9 Å². The lowest BCUT2D eigenvalue weighted by atomic mass is 9.83. The predicted molar refractivity (Wildman–Crippen MR) is 83.3 cm³/mol. The van der Waals surface area contributed by atoms with Crippen molar-refractivity contribution in [3.05, 3.63) is 38.9 Å². The van der Waals surface area contributed by atoms with E-state index in [-0.39, 0.29) is 10.6 Å². The molecule has 0 amide bonds. The zero-order chi connectivity index (χ0) is 15.3. The Hall–Kier alpha value is -1.13. The molecule has 0 aliphatic rings. The molecular formula is C15H23ClN2O2. The number of nitrogens with one attached hydrogen (secondary N) is 1. The predicted octanol–water partition coefficient (Wildman–Crippen LogP) is 4.06. The maximum Gasteiger partial charge on any atom is 0.272 e. The van der Waals surface area contributed by atoms with Crippen LogP contribution in [-0.4, -0.2) is 17.5 Å². The average Bonchev–Trinajstić information content (AvgIpc) is 2.35. The number of rotatable bonds is 7. The number of hydrogen-bond acceptors (Lipinski definition) is 3. The minimum absolute atomic E-state index is 0.156. The fraction of sp³-hybridized carbons (Fsp3) is 0.600. The molecule has 20 heavy (non-hydrogen) atoms. The van der Waals surface area contributed by atoms with E-state index >= 15 is 0 Å². The Morgan fingerprint density at radius 3 is 2.50 bits per heavy atom. The summed E-state index contributed by atoms with van der Waals surface area (Å²) in [5, 5.41) is 15.1. The first-order chi connectivity index (χ1) is 9.36. The molecule has 0 saturated heterocycles. The van der Waals surface area contributed by atoms with Gasteiger partial charge in [0.25, 0.3) is 5.69 Å². The van der Waals surface area contributed by atoms with Gasteiger partial charge in [0, 0.05) is 22.7 Å². The van der Waals surface area contributed by atoms with Crippen LogP contribution in [0.1, 0.15) is 33.3 Å². The van der Waals surface area contributed by atoms with Crippen molar-refractivity contribution in [1.29, 1.82) is 0 Å². The molecule has 0 radical (unpaired) electrons. The fourth-order valence-corrected chi connectivity index (χ4v) is 2.81. The van der Waals surface area contributed by atoms with Gasteiger partial charge in [0.15, 0.2) is 0 Å². The summed E-state index contributed by atoms with van der Waals surface area (Å²) in [6.07, 6.45) is 0.655. The normalized spacial score (nSPS) is 14.3. The van der Waals surface area contributed by atoms with Crippen LogP contribution in [0.25, 0.3) is 0 Å². The van der Waals surface area contributed by atoms with E-state index in [0.29, 0.717) is 34.9 Å². The Bertz CT molecular complexity index is 463. The lowest BCUT2D eigenvalue weighted by Crippen LogP contribution is -2.37. The van der Waals surface area contributed by atoms with Gasteiger partial charge in [0.05, 0.1) is 4.92 Å². The first kappa shape index (κ1) is 16.9. The Kier molecular flexibility index (Phi) is 6.43. The molecule has 4 nitrogen and oxygen atoms in total. The van der Waals surface area contributed by atoms with Gasteiger partial charge in [-0.1, -0.05) is 32.4 Å². The molecule has 0 saturated carbocycles. The molecule has 1 N–H and O–H groups in total. The molecular weight excluding hydrogens is 276 g/mol. The van der Waals surface area contributed by atoms with Crippen LogP contribution in [0, 0.1) is 22.0 Å². The maximum atomic E-state index is 11.1. The Morgan fingerprint density at radius 2 is 2.00 bits per heavy atom. The van der Waals surface area contributed by atoms with Crippen molar-refractivity contribution in [3.8, 4) is 0 Å². The van der Waals surface area contributed by atoms with E-state index in [2.05, 4.69) is 33.0 Å². The Morgan fingerprint density at radius 1 is 1.35 bits per heavy atom. The van der Waals surface area contributed by atoms with Gasteiger partial charge in [-0.2, -0.15) is 0 Å². The van der Waals surface area contributed by atoms with Crippen molar-refractivity contribution in [2.24, 2.45) is 11.8 Å². The number of nitrogens with zero attached hydrogens (tertiary/aromatic N) is 1. The standard InChI is InChI=1S/C15H23ClN2O2/c1-5-17-11(4)14(10(2)3)9-12-8-13(16)6-7-15(12)18(19)20/h6-8,10-11,14,17H,5,9H2,1-4H3. The zero-order valence-corrected chi connectivity index (χ0v) is 13.3. The number of benzene rings is 1. The maximum absolute atomic E-state index is 11.1. The quantitative estimate of drug-likeness (QED) is 0.610. The molecule has 1 aromatic carbocycles. The zero-order valence-electron chi connectivity index (χ0n) is 12.5. The van der Waals surface area contributed by atoms with E-state index in [0.717, 1.165) is 6.54 Å². The molecule has 0 aliphatic carbocycles. The monoisotopic (exact) mass is 298 g/mol. The molecule has 0 aromatic heterocycles. The average molecular weight is 299 g/mol. The molecule has 0 bridgehead atoms. The van der Waals surface area contributed by atoms with Gasteiger partial charge in [0.2, 0.25) is 0 Å². The van der Waals surface area contributed by atoms with Crippen molar-refractivity contribution in [2.75, 3.05) is 6.54 Å². The fourth-order valence-electron chi connectivity index (χ4n) is 2.61. The van der Waals surface area contributed by atoms with Gasteiger partial charge in [-0.3, -0.25) is 10.1 Å². The highest BCUT2D eigenvalue weighted by Gasteiger charge is 2.24. The van der Waals surface area contributed by atoms with E-state index in [1.54, 1.807) is 12.1 Å². The van der Waals surface area contributed by atoms with Crippen LogP contribution in [0.15, 0.2) is 18.2 Å². The van der Waals surface area contributed by atoms with E-state index < -0.39 is 0 Å². The molecule has 5 heteroatoms. The summed E-state index contributed by atoms with van der Waals surface area (Å²) in [6.45, 7) is 9.38. The smallest absolute Gasteiger partial charge is 0.272 e. The Labute approximate surface area is 125 Å². The summed E-state index contributed by atoms with van der Waals surface area (Å²) in [6, 6.07) is 5.08. The number of nitro groups is 1. The third-order valence-corrected chi connectivity index (χ3v) is 3.95. The molecule has 2 unspecified atom stereocenters. The van der Waals surface area contributed by atoms with Gasteiger partial charge >= 0.3 is 0 Å². The number of hydrogen-bond donors (Lipinski definition) is 1. The van der Waals surface area contributed by atoms with Crippen molar-refractivity contribution >= 4 is 17.3 Å². The minimum atomic E-state index is -0.332. The topological polar surface area (TPSA) is 55.2 Å². The molecule has 0 fully saturated rings. The highest BCUT2D eigenvalue weighted by Crippen LogP contribution is 2.29. The van der Waals surface area contributed by atoms with Crippen LogP contribution < -0.4 is 5.32 Å². The third-order valence-electron chi connectivity index (χ3n) is 3.72. The second-order valence-corrected chi connectivity index (χ2v) is 5.92. The summed E-state index contributed by atoms with van der Waals surface area (Å²) in [5.41, 5.74) is 0.870. The van der Waals surface area contributed by atoms with E-state index in [1.807, 2.05) is 0 Å². The largest absolute Gasteiger partial charge is 0.314 e. The van der Waals surface area contributed by atoms with Crippen LogP contribution in [0.4, 0.5) is 5.69 Å². The molecule has 1 aromatic rings. The van der Waals surface area contributed by atoms with Gasteiger partial charge in [0.1, 0.15) is 0 Å². The molecule has 0 spiro atoms. The minimum Gasteiger partial charge on any atom is -0.314 e. The lowest BCUT2D eigenvalue weighted by molar-refractivity contribution is -0.385. The molecule has 112 valence electrons. The highest BCUT2D eigenvalue weighted by molar-refractivity contribution is 6.30. The van der Waals surface area contributed by atoms with Crippen LogP contribution in [-0.2, 0) is 6.42 Å². The Balaban J connectivity index is 3.04. The van der Waals surface area contributed by atoms with Crippen LogP contribution in [0.2, 0.25) is 5.02 Å².